The molecule has 0 unspecified atom stereocenters. The molecule has 0 bridgehead atoms. The summed E-state index contributed by atoms with van der Waals surface area (Å²) in [6, 6.07) is 3.83. The lowest BCUT2D eigenvalue weighted by Crippen LogP contribution is -2.14. The number of carbonyl (C=O) groups excluding carboxylic acids is 1. The molecule has 0 spiro atoms. The van der Waals surface area contributed by atoms with Crippen molar-refractivity contribution in [2.24, 2.45) is 5.73 Å². The van der Waals surface area contributed by atoms with E-state index in [1.54, 1.807) is 7.11 Å². The van der Waals surface area contributed by atoms with E-state index in [1.807, 2.05) is 26.0 Å². The molecule has 3 N–H and O–H groups in total. The summed E-state index contributed by atoms with van der Waals surface area (Å²) in [5, 5.41) is 2.87. The maximum absolute atomic E-state index is 11.6. The van der Waals surface area contributed by atoms with Gasteiger partial charge in [-0.2, -0.15) is 0 Å². The van der Waals surface area contributed by atoms with E-state index < -0.39 is 0 Å². The first-order valence-electron chi connectivity index (χ1n) is 5.74. The Bertz CT molecular complexity index is 403. The van der Waals surface area contributed by atoms with Gasteiger partial charge in [0.25, 0.3) is 0 Å². The molecule has 0 saturated carbocycles. The monoisotopic (exact) mass is 236 g/mol. The van der Waals surface area contributed by atoms with Crippen molar-refractivity contribution in [3.05, 3.63) is 23.3 Å². The lowest BCUT2D eigenvalue weighted by molar-refractivity contribution is -0.116. The molecule has 1 rings (SSSR count). The van der Waals surface area contributed by atoms with Crippen molar-refractivity contribution in [1.29, 1.82) is 0 Å². The van der Waals surface area contributed by atoms with E-state index >= 15 is 0 Å². The fourth-order valence-electron chi connectivity index (χ4n) is 1.75. The van der Waals surface area contributed by atoms with Crippen LogP contribution in [0.2, 0.25) is 0 Å². The third-order valence-electron chi connectivity index (χ3n) is 2.69. The second kappa shape index (κ2) is 6.25. The number of carbonyl (C=O) groups is 1. The van der Waals surface area contributed by atoms with Crippen molar-refractivity contribution in [3.8, 4) is 5.75 Å². The molecule has 0 atom stereocenters. The topological polar surface area (TPSA) is 64.3 Å². The minimum absolute atomic E-state index is 0.00976. The molecule has 0 radical (unpaired) electrons. The largest absolute Gasteiger partial charge is 0.496 e. The number of hydrogen-bond acceptors (Lipinski definition) is 3. The average Bonchev–Trinajstić information content (AvgIpc) is 2.31. The summed E-state index contributed by atoms with van der Waals surface area (Å²) in [4.78, 5) is 11.6. The molecule has 1 aromatic rings. The van der Waals surface area contributed by atoms with E-state index in [4.69, 9.17) is 10.5 Å². The predicted molar refractivity (Wildman–Crippen MR) is 69.4 cm³/mol. The Labute approximate surface area is 102 Å². The molecule has 0 heterocycles. The van der Waals surface area contributed by atoms with Gasteiger partial charge in [-0.15, -0.1) is 0 Å². The van der Waals surface area contributed by atoms with Crippen molar-refractivity contribution in [3.63, 3.8) is 0 Å². The zero-order valence-corrected chi connectivity index (χ0v) is 10.7. The van der Waals surface area contributed by atoms with Crippen molar-refractivity contribution in [2.45, 2.75) is 26.7 Å². The molecule has 0 aliphatic heterocycles. The number of ether oxygens (including phenoxy) is 1. The SMILES string of the molecule is COc1c(C)ccc(NC(=O)CCCN)c1C. The van der Waals surface area contributed by atoms with Crippen LogP contribution >= 0.6 is 0 Å². The average molecular weight is 236 g/mol. The Morgan fingerprint density at radius 2 is 2.12 bits per heavy atom. The van der Waals surface area contributed by atoms with E-state index in [-0.39, 0.29) is 5.91 Å². The van der Waals surface area contributed by atoms with Crippen LogP contribution < -0.4 is 15.8 Å². The molecule has 4 nitrogen and oxygen atoms in total. The molecule has 1 amide bonds. The lowest BCUT2D eigenvalue weighted by atomic mass is 10.1. The van der Waals surface area contributed by atoms with Crippen LogP contribution in [0.5, 0.6) is 5.75 Å². The number of aryl methyl sites for hydroxylation is 1. The van der Waals surface area contributed by atoms with E-state index in [9.17, 15) is 4.79 Å². The summed E-state index contributed by atoms with van der Waals surface area (Å²) in [5.41, 5.74) is 8.18. The van der Waals surface area contributed by atoms with E-state index in [0.717, 1.165) is 22.6 Å². The van der Waals surface area contributed by atoms with Crippen LogP contribution in [-0.2, 0) is 4.79 Å². The standard InChI is InChI=1S/C13H20N2O2/c1-9-6-7-11(10(2)13(9)17-3)15-12(16)5-4-8-14/h6-7H,4-5,8,14H2,1-3H3,(H,15,16). The van der Waals surface area contributed by atoms with Crippen molar-refractivity contribution in [1.82, 2.24) is 0 Å². The summed E-state index contributed by atoms with van der Waals surface area (Å²) in [7, 11) is 1.63. The van der Waals surface area contributed by atoms with Gasteiger partial charge in [-0.1, -0.05) is 6.07 Å². The highest BCUT2D eigenvalue weighted by Crippen LogP contribution is 2.29. The van der Waals surface area contributed by atoms with Gasteiger partial charge in [-0.05, 0) is 38.4 Å². The summed E-state index contributed by atoms with van der Waals surface area (Å²) >= 11 is 0. The van der Waals surface area contributed by atoms with Crippen molar-refractivity contribution >= 4 is 11.6 Å². The smallest absolute Gasteiger partial charge is 0.224 e. The summed E-state index contributed by atoms with van der Waals surface area (Å²) < 4.78 is 5.31. The van der Waals surface area contributed by atoms with Gasteiger partial charge in [0.05, 0.1) is 7.11 Å². The first-order chi connectivity index (χ1) is 8.10. The fraction of sp³-hybridized carbons (Fsp3) is 0.462. The summed E-state index contributed by atoms with van der Waals surface area (Å²) in [6.45, 7) is 4.44. The normalized spacial score (nSPS) is 10.1. The first kappa shape index (κ1) is 13.5. The Morgan fingerprint density at radius 3 is 2.71 bits per heavy atom. The molecular formula is C13H20N2O2. The minimum Gasteiger partial charge on any atom is -0.496 e. The van der Waals surface area contributed by atoms with Gasteiger partial charge in [-0.3, -0.25) is 4.79 Å². The lowest BCUT2D eigenvalue weighted by Gasteiger charge is -2.13. The fourth-order valence-corrected chi connectivity index (χ4v) is 1.75. The number of nitrogens with two attached hydrogens (primary N) is 1. The van der Waals surface area contributed by atoms with Gasteiger partial charge in [0.2, 0.25) is 5.91 Å². The van der Waals surface area contributed by atoms with Gasteiger partial charge < -0.3 is 15.8 Å². The quantitative estimate of drug-likeness (QED) is 0.821. The molecule has 0 saturated heterocycles. The minimum atomic E-state index is -0.00976. The molecule has 0 aromatic heterocycles. The predicted octanol–water partition coefficient (Wildman–Crippen LogP) is 1.99. The summed E-state index contributed by atoms with van der Waals surface area (Å²) in [6.07, 6.45) is 1.15. The van der Waals surface area contributed by atoms with Crippen LogP contribution in [0.3, 0.4) is 0 Å². The van der Waals surface area contributed by atoms with Crippen LogP contribution in [0, 0.1) is 13.8 Å². The molecule has 4 heteroatoms. The van der Waals surface area contributed by atoms with Crippen LogP contribution in [0.25, 0.3) is 0 Å². The highest BCUT2D eigenvalue weighted by Gasteiger charge is 2.09. The zero-order chi connectivity index (χ0) is 12.8. The number of rotatable bonds is 5. The molecule has 0 fully saturated rings. The highest BCUT2D eigenvalue weighted by atomic mass is 16.5. The highest BCUT2D eigenvalue weighted by molar-refractivity contribution is 5.92. The van der Waals surface area contributed by atoms with E-state index in [2.05, 4.69) is 5.32 Å². The number of benzene rings is 1. The number of methoxy groups -OCH3 is 1. The molecule has 17 heavy (non-hydrogen) atoms. The third kappa shape index (κ3) is 3.46. The Kier molecular flexibility index (Phi) is 4.97. The maximum Gasteiger partial charge on any atom is 0.224 e. The van der Waals surface area contributed by atoms with Gasteiger partial charge in [0.1, 0.15) is 5.75 Å². The van der Waals surface area contributed by atoms with Gasteiger partial charge in [-0.25, -0.2) is 0 Å². The second-order valence-electron chi connectivity index (χ2n) is 4.03. The zero-order valence-electron chi connectivity index (χ0n) is 10.7. The summed E-state index contributed by atoms with van der Waals surface area (Å²) in [5.74, 6) is 0.811. The van der Waals surface area contributed by atoms with Crippen LogP contribution in [0.15, 0.2) is 12.1 Å². The second-order valence-corrected chi connectivity index (χ2v) is 4.03. The van der Waals surface area contributed by atoms with Crippen LogP contribution in [0.1, 0.15) is 24.0 Å². The number of hydrogen-bond donors (Lipinski definition) is 2. The van der Waals surface area contributed by atoms with Gasteiger partial charge in [0.15, 0.2) is 0 Å². The Balaban J connectivity index is 2.81. The van der Waals surface area contributed by atoms with Crippen molar-refractivity contribution < 1.29 is 9.53 Å². The molecular weight excluding hydrogens is 216 g/mol. The van der Waals surface area contributed by atoms with Gasteiger partial charge >= 0.3 is 0 Å². The van der Waals surface area contributed by atoms with Crippen LogP contribution in [-0.4, -0.2) is 19.6 Å². The maximum atomic E-state index is 11.6. The van der Waals surface area contributed by atoms with Crippen LogP contribution in [0.4, 0.5) is 5.69 Å². The van der Waals surface area contributed by atoms with Gasteiger partial charge in [0, 0.05) is 17.7 Å². The third-order valence-corrected chi connectivity index (χ3v) is 2.69. The van der Waals surface area contributed by atoms with E-state index in [1.165, 1.54) is 0 Å². The molecule has 94 valence electrons. The molecule has 0 aliphatic carbocycles. The van der Waals surface area contributed by atoms with E-state index in [0.29, 0.717) is 19.4 Å². The van der Waals surface area contributed by atoms with Crippen molar-refractivity contribution in [2.75, 3.05) is 19.0 Å². The number of nitrogens with one attached hydrogen (secondary N) is 1. The number of amides is 1. The number of anilines is 1. The molecule has 1 aromatic carbocycles. The molecule has 0 aliphatic rings. The Hall–Kier alpha value is -1.55. The Morgan fingerprint density at radius 1 is 1.41 bits per heavy atom. The first-order valence-corrected chi connectivity index (χ1v) is 5.74.